The van der Waals surface area contributed by atoms with Crippen molar-refractivity contribution in [2.75, 3.05) is 6.61 Å². The number of phenolic OH excluding ortho intramolecular Hbond substituents is 1. The summed E-state index contributed by atoms with van der Waals surface area (Å²) in [6.07, 6.45) is 3.77. The first-order chi connectivity index (χ1) is 11.6. The number of imidazole rings is 1. The summed E-state index contributed by atoms with van der Waals surface area (Å²) in [5, 5.41) is 9.38. The second-order valence-corrected chi connectivity index (χ2v) is 4.55. The van der Waals surface area contributed by atoms with E-state index in [4.69, 9.17) is 4.74 Å². The molecule has 0 saturated carbocycles. The van der Waals surface area contributed by atoms with Gasteiger partial charge in [-0.05, 0) is 24.6 Å². The van der Waals surface area contributed by atoms with Crippen molar-refractivity contribution in [1.82, 2.24) is 9.55 Å². The second-order valence-electron chi connectivity index (χ2n) is 4.55. The Hall–Kier alpha value is -2.30. The minimum absolute atomic E-state index is 0.186. The van der Waals surface area contributed by atoms with Crippen LogP contribution in [0.25, 0.3) is 0 Å². The minimum atomic E-state index is -0.256. The second kappa shape index (κ2) is 12.2. The molecule has 1 atom stereocenters. The van der Waals surface area contributed by atoms with E-state index in [-0.39, 0.29) is 24.1 Å². The summed E-state index contributed by atoms with van der Waals surface area (Å²) in [5.74, 6) is 0.551. The Morgan fingerprint density at radius 2 is 1.79 bits per heavy atom. The highest BCUT2D eigenvalue weighted by atomic mass is 16.5. The van der Waals surface area contributed by atoms with E-state index in [1.54, 1.807) is 37.4 Å². The number of hydrogen-bond acceptors (Lipinski definition) is 4. The Morgan fingerprint density at radius 3 is 2.25 bits per heavy atom. The summed E-state index contributed by atoms with van der Waals surface area (Å²) in [6.45, 7) is 10.1. The van der Waals surface area contributed by atoms with Crippen molar-refractivity contribution in [3.8, 4) is 5.75 Å². The summed E-state index contributed by atoms with van der Waals surface area (Å²) in [5.41, 5.74) is 0.921. The number of aromatic hydroxyl groups is 1. The van der Waals surface area contributed by atoms with Gasteiger partial charge < -0.3 is 14.4 Å². The Labute approximate surface area is 145 Å². The lowest BCUT2D eigenvalue weighted by atomic mass is 9.94. The van der Waals surface area contributed by atoms with Crippen LogP contribution in [0.4, 0.5) is 0 Å². The third-order valence-electron chi connectivity index (χ3n) is 3.14. The zero-order valence-electron chi connectivity index (χ0n) is 15.6. The van der Waals surface area contributed by atoms with E-state index in [9.17, 15) is 9.90 Å². The van der Waals surface area contributed by atoms with E-state index >= 15 is 0 Å². The molecule has 24 heavy (non-hydrogen) atoms. The van der Waals surface area contributed by atoms with Crippen LogP contribution >= 0.6 is 0 Å². The van der Waals surface area contributed by atoms with Crippen molar-refractivity contribution < 1.29 is 14.6 Å². The standard InChI is InChI=1S/C15H18N2O3.2C2H6/c1-3-20-14(19)10-13(15-16-8-9-17(15)2)11-4-6-12(18)7-5-11;2*1-2/h4-9,13,18H,3,10H2,1-2H3;2*1-2H3. The van der Waals surface area contributed by atoms with Crippen molar-refractivity contribution in [3.05, 3.63) is 48.0 Å². The van der Waals surface area contributed by atoms with Gasteiger partial charge in [0.25, 0.3) is 0 Å². The largest absolute Gasteiger partial charge is 0.508 e. The average molecular weight is 334 g/mol. The van der Waals surface area contributed by atoms with E-state index in [1.807, 2.05) is 45.5 Å². The molecule has 0 aliphatic heterocycles. The van der Waals surface area contributed by atoms with E-state index < -0.39 is 0 Å². The normalized spacial score (nSPS) is 10.6. The van der Waals surface area contributed by atoms with Gasteiger partial charge in [-0.25, -0.2) is 4.98 Å². The van der Waals surface area contributed by atoms with Crippen LogP contribution in [0, 0.1) is 0 Å². The number of benzene rings is 1. The van der Waals surface area contributed by atoms with Crippen molar-refractivity contribution in [3.63, 3.8) is 0 Å². The fourth-order valence-electron chi connectivity index (χ4n) is 2.16. The lowest BCUT2D eigenvalue weighted by Crippen LogP contribution is -2.14. The van der Waals surface area contributed by atoms with Crippen LogP contribution in [0.3, 0.4) is 0 Å². The quantitative estimate of drug-likeness (QED) is 0.830. The number of carbonyl (C=O) groups is 1. The Bertz CT molecular complexity index is 577. The molecule has 0 radical (unpaired) electrons. The number of hydrogen-bond donors (Lipinski definition) is 1. The topological polar surface area (TPSA) is 64.3 Å². The first-order valence-corrected chi connectivity index (χ1v) is 8.53. The third-order valence-corrected chi connectivity index (χ3v) is 3.14. The summed E-state index contributed by atoms with van der Waals surface area (Å²) >= 11 is 0. The molecule has 1 unspecified atom stereocenters. The van der Waals surface area contributed by atoms with Crippen LogP contribution in [0.2, 0.25) is 0 Å². The SMILES string of the molecule is CC.CC.CCOC(=O)CC(c1ccc(O)cc1)c1nccn1C. The molecule has 5 heteroatoms. The highest BCUT2D eigenvalue weighted by Crippen LogP contribution is 2.28. The number of carbonyl (C=O) groups excluding carboxylic acids is 1. The molecule has 2 rings (SSSR count). The maximum atomic E-state index is 11.8. The third kappa shape index (κ3) is 6.44. The summed E-state index contributed by atoms with van der Waals surface area (Å²) < 4.78 is 6.92. The molecule has 0 amide bonds. The first-order valence-electron chi connectivity index (χ1n) is 8.53. The van der Waals surface area contributed by atoms with Crippen LogP contribution in [0.5, 0.6) is 5.75 Å². The monoisotopic (exact) mass is 334 g/mol. The lowest BCUT2D eigenvalue weighted by molar-refractivity contribution is -0.143. The van der Waals surface area contributed by atoms with Crippen molar-refractivity contribution >= 4 is 5.97 Å². The smallest absolute Gasteiger partial charge is 0.306 e. The van der Waals surface area contributed by atoms with E-state index in [0.717, 1.165) is 11.4 Å². The Kier molecular flexibility index (Phi) is 11.0. The highest BCUT2D eigenvalue weighted by molar-refractivity contribution is 5.71. The van der Waals surface area contributed by atoms with Crippen LogP contribution in [-0.4, -0.2) is 27.2 Å². The van der Waals surface area contributed by atoms with Gasteiger partial charge in [-0.1, -0.05) is 39.8 Å². The van der Waals surface area contributed by atoms with Gasteiger partial charge in [-0.2, -0.15) is 0 Å². The van der Waals surface area contributed by atoms with Crippen molar-refractivity contribution in [2.45, 2.75) is 47.0 Å². The predicted molar refractivity (Wildman–Crippen MR) is 97.1 cm³/mol. The van der Waals surface area contributed by atoms with Gasteiger partial charge in [0.1, 0.15) is 11.6 Å². The fourth-order valence-corrected chi connectivity index (χ4v) is 2.16. The molecule has 0 spiro atoms. The van der Waals surface area contributed by atoms with Crippen molar-refractivity contribution in [2.24, 2.45) is 7.05 Å². The molecule has 5 nitrogen and oxygen atoms in total. The average Bonchev–Trinajstić information content (AvgIpc) is 3.03. The number of phenols is 1. The zero-order chi connectivity index (χ0) is 18.5. The van der Waals surface area contributed by atoms with Gasteiger partial charge >= 0.3 is 5.97 Å². The molecule has 1 aromatic heterocycles. The molecular weight excluding hydrogens is 304 g/mol. The maximum Gasteiger partial charge on any atom is 0.306 e. The fraction of sp³-hybridized carbons (Fsp3) is 0.474. The number of esters is 1. The van der Waals surface area contributed by atoms with E-state index in [1.165, 1.54) is 0 Å². The van der Waals surface area contributed by atoms with Crippen LogP contribution in [-0.2, 0) is 16.6 Å². The molecule has 1 aromatic carbocycles. The van der Waals surface area contributed by atoms with Gasteiger partial charge in [0.15, 0.2) is 0 Å². The summed E-state index contributed by atoms with van der Waals surface area (Å²) in [6, 6.07) is 6.81. The lowest BCUT2D eigenvalue weighted by Gasteiger charge is -2.16. The molecule has 1 N–H and O–H groups in total. The van der Waals surface area contributed by atoms with Gasteiger partial charge in [0, 0.05) is 19.4 Å². The molecule has 1 heterocycles. The van der Waals surface area contributed by atoms with Crippen LogP contribution in [0.1, 0.15) is 58.3 Å². The Morgan fingerprint density at radius 1 is 1.21 bits per heavy atom. The highest BCUT2D eigenvalue weighted by Gasteiger charge is 2.22. The van der Waals surface area contributed by atoms with E-state index in [0.29, 0.717) is 6.61 Å². The van der Waals surface area contributed by atoms with Crippen molar-refractivity contribution in [1.29, 1.82) is 0 Å². The number of aromatic nitrogens is 2. The van der Waals surface area contributed by atoms with Crippen LogP contribution in [0.15, 0.2) is 36.7 Å². The molecule has 2 aromatic rings. The summed E-state index contributed by atoms with van der Waals surface area (Å²) in [7, 11) is 1.89. The van der Waals surface area contributed by atoms with Gasteiger partial charge in [-0.3, -0.25) is 4.79 Å². The zero-order valence-corrected chi connectivity index (χ0v) is 15.6. The van der Waals surface area contributed by atoms with E-state index in [2.05, 4.69) is 4.98 Å². The number of rotatable bonds is 5. The van der Waals surface area contributed by atoms with Gasteiger partial charge in [0.05, 0.1) is 18.9 Å². The first kappa shape index (κ1) is 21.7. The number of ether oxygens (including phenoxy) is 1. The molecule has 0 bridgehead atoms. The Balaban J connectivity index is 0.00000123. The van der Waals surface area contributed by atoms with Gasteiger partial charge in [-0.15, -0.1) is 0 Å². The minimum Gasteiger partial charge on any atom is -0.508 e. The summed E-state index contributed by atoms with van der Waals surface area (Å²) in [4.78, 5) is 16.1. The molecule has 0 fully saturated rings. The number of aryl methyl sites for hydroxylation is 1. The molecule has 0 saturated heterocycles. The maximum absolute atomic E-state index is 11.8. The van der Waals surface area contributed by atoms with Gasteiger partial charge in [0.2, 0.25) is 0 Å². The predicted octanol–water partition coefficient (Wildman–Crippen LogP) is 4.26. The molecule has 0 aliphatic carbocycles. The molecular formula is C19H30N2O3. The molecule has 134 valence electrons. The number of nitrogens with zero attached hydrogens (tertiary/aromatic N) is 2. The molecule has 0 aliphatic rings. The van der Waals surface area contributed by atoms with Crippen LogP contribution < -0.4 is 0 Å².